The second-order valence-corrected chi connectivity index (χ2v) is 4.01. The summed E-state index contributed by atoms with van der Waals surface area (Å²) < 4.78 is 4.79. The number of non-ortho nitro benzene ring substituents is 1. The molecule has 0 aliphatic carbocycles. The Bertz CT molecular complexity index is 675. The van der Waals surface area contributed by atoms with Gasteiger partial charge in [0.15, 0.2) is 0 Å². The third kappa shape index (κ3) is 3.00. The first kappa shape index (κ1) is 13.7. The number of nitrogens with zero attached hydrogens (tertiary/aromatic N) is 2. The van der Waals surface area contributed by atoms with Crippen LogP contribution in [0.4, 0.5) is 5.69 Å². The van der Waals surface area contributed by atoms with Gasteiger partial charge in [0.05, 0.1) is 29.2 Å². The third-order valence-electron chi connectivity index (χ3n) is 2.65. The molecule has 0 saturated heterocycles. The van der Waals surface area contributed by atoms with E-state index in [2.05, 4.69) is 10.2 Å². The largest absolute Gasteiger partial charge is 0.466 e. The molecule has 1 aromatic heterocycles. The van der Waals surface area contributed by atoms with E-state index in [0.29, 0.717) is 23.2 Å². The molecule has 0 atom stereocenters. The van der Waals surface area contributed by atoms with Gasteiger partial charge in [-0.05, 0) is 19.1 Å². The van der Waals surface area contributed by atoms with Gasteiger partial charge >= 0.3 is 5.97 Å². The molecule has 0 unspecified atom stereocenters. The fourth-order valence-corrected chi connectivity index (χ4v) is 1.75. The number of nitro benzene ring substituents is 1. The van der Waals surface area contributed by atoms with Crippen LogP contribution in [0.25, 0.3) is 17.0 Å². The minimum Gasteiger partial charge on any atom is -0.466 e. The van der Waals surface area contributed by atoms with Gasteiger partial charge in [-0.15, -0.1) is 0 Å². The maximum Gasteiger partial charge on any atom is 0.309 e. The lowest BCUT2D eigenvalue weighted by atomic mass is 10.2. The smallest absolute Gasteiger partial charge is 0.309 e. The lowest BCUT2D eigenvalue weighted by Gasteiger charge is -1.96. The molecule has 7 heteroatoms. The molecule has 0 saturated carbocycles. The summed E-state index contributed by atoms with van der Waals surface area (Å²) >= 11 is 0. The predicted octanol–water partition coefficient (Wildman–Crippen LogP) is 2.44. The molecule has 0 bridgehead atoms. The average Bonchev–Trinajstić information content (AvgIpc) is 2.81. The number of esters is 1. The number of nitro groups is 1. The number of fused-ring (bicyclic) bond motifs is 1. The van der Waals surface area contributed by atoms with Gasteiger partial charge in [-0.3, -0.25) is 20.0 Å². The molecule has 7 nitrogen and oxygen atoms in total. The van der Waals surface area contributed by atoms with Crippen LogP contribution in [0, 0.1) is 10.1 Å². The lowest BCUT2D eigenvalue weighted by molar-refractivity contribution is -0.384. The van der Waals surface area contributed by atoms with E-state index < -0.39 is 4.92 Å². The second-order valence-electron chi connectivity index (χ2n) is 4.01. The molecule has 2 aromatic rings. The molecule has 1 aromatic carbocycles. The van der Waals surface area contributed by atoms with Gasteiger partial charge in [-0.25, -0.2) is 0 Å². The normalized spacial score (nSPS) is 11.1. The molecule has 0 radical (unpaired) electrons. The van der Waals surface area contributed by atoms with Gasteiger partial charge < -0.3 is 4.74 Å². The number of carbonyl (C=O) groups excluding carboxylic acids is 1. The van der Waals surface area contributed by atoms with E-state index >= 15 is 0 Å². The second kappa shape index (κ2) is 5.96. The summed E-state index contributed by atoms with van der Waals surface area (Å²) in [5, 5.41) is 18.2. The van der Waals surface area contributed by atoms with Crippen molar-refractivity contribution in [2.45, 2.75) is 13.3 Å². The van der Waals surface area contributed by atoms with Crippen LogP contribution in [0.3, 0.4) is 0 Å². The van der Waals surface area contributed by atoms with E-state index in [1.165, 1.54) is 12.1 Å². The number of aromatic amines is 1. The maximum absolute atomic E-state index is 11.2. The van der Waals surface area contributed by atoms with Crippen LogP contribution in [-0.2, 0) is 9.53 Å². The van der Waals surface area contributed by atoms with Gasteiger partial charge in [-0.2, -0.15) is 5.10 Å². The fourth-order valence-electron chi connectivity index (χ4n) is 1.75. The Morgan fingerprint density at radius 2 is 2.35 bits per heavy atom. The van der Waals surface area contributed by atoms with Crippen molar-refractivity contribution in [3.8, 4) is 0 Å². The number of nitrogens with one attached hydrogen (secondary N) is 1. The molecule has 20 heavy (non-hydrogen) atoms. The summed E-state index contributed by atoms with van der Waals surface area (Å²) in [6.07, 6.45) is 3.43. The number of carbonyl (C=O) groups is 1. The van der Waals surface area contributed by atoms with E-state index in [-0.39, 0.29) is 18.1 Å². The molecule has 1 N–H and O–H groups in total. The van der Waals surface area contributed by atoms with Crippen LogP contribution >= 0.6 is 0 Å². The standard InChI is InChI=1S/C13H13N3O4/c1-2-20-13(17)5-3-4-11-10-8-9(16(18)19)6-7-12(10)15-14-11/h3-4,6-8H,2,5H2,1H3,(H,14,15). The van der Waals surface area contributed by atoms with Crippen LogP contribution in [0.1, 0.15) is 19.0 Å². The Labute approximate surface area is 114 Å². The van der Waals surface area contributed by atoms with Gasteiger partial charge in [0.2, 0.25) is 0 Å². The SMILES string of the molecule is CCOC(=O)CC=Cc1[nH]nc2ccc([N+](=O)[O-])cc12. The summed E-state index contributed by atoms with van der Waals surface area (Å²) in [5.41, 5.74) is 1.25. The van der Waals surface area contributed by atoms with Crippen LogP contribution in [0.2, 0.25) is 0 Å². The molecule has 0 fully saturated rings. The van der Waals surface area contributed by atoms with Crippen LogP contribution in [0.15, 0.2) is 24.3 Å². The number of H-pyrrole nitrogens is 1. The minimum atomic E-state index is -0.460. The van der Waals surface area contributed by atoms with E-state index in [4.69, 9.17) is 4.74 Å². The molecule has 1 heterocycles. The van der Waals surface area contributed by atoms with Crippen molar-refractivity contribution >= 4 is 28.6 Å². The zero-order valence-corrected chi connectivity index (χ0v) is 10.8. The number of ether oxygens (including phenoxy) is 1. The summed E-state index contributed by atoms with van der Waals surface area (Å²) in [6, 6.07) is 4.42. The summed E-state index contributed by atoms with van der Waals surface area (Å²) in [7, 11) is 0. The van der Waals surface area contributed by atoms with E-state index in [0.717, 1.165) is 0 Å². The predicted molar refractivity (Wildman–Crippen MR) is 73.0 cm³/mol. The van der Waals surface area contributed by atoms with Crippen molar-refractivity contribution in [1.29, 1.82) is 0 Å². The third-order valence-corrected chi connectivity index (χ3v) is 2.65. The van der Waals surface area contributed by atoms with Gasteiger partial charge in [0, 0.05) is 17.5 Å². The Morgan fingerprint density at radius 3 is 3.05 bits per heavy atom. The highest BCUT2D eigenvalue weighted by Gasteiger charge is 2.10. The molecule has 0 aliphatic rings. The highest BCUT2D eigenvalue weighted by Crippen LogP contribution is 2.22. The number of hydrogen-bond acceptors (Lipinski definition) is 5. The summed E-state index contributed by atoms with van der Waals surface area (Å²) in [6.45, 7) is 2.08. The van der Waals surface area contributed by atoms with Crippen molar-refractivity contribution in [1.82, 2.24) is 10.2 Å². The number of benzene rings is 1. The van der Waals surface area contributed by atoms with Gasteiger partial charge in [0.1, 0.15) is 0 Å². The van der Waals surface area contributed by atoms with Crippen molar-refractivity contribution in [2.24, 2.45) is 0 Å². The number of aromatic nitrogens is 2. The lowest BCUT2D eigenvalue weighted by Crippen LogP contribution is -2.01. The Hall–Kier alpha value is -2.70. The van der Waals surface area contributed by atoms with Gasteiger partial charge in [0.25, 0.3) is 5.69 Å². The van der Waals surface area contributed by atoms with Crippen LogP contribution < -0.4 is 0 Å². The van der Waals surface area contributed by atoms with Crippen molar-refractivity contribution in [2.75, 3.05) is 6.61 Å². The van der Waals surface area contributed by atoms with Gasteiger partial charge in [-0.1, -0.05) is 6.08 Å². The van der Waals surface area contributed by atoms with E-state index in [9.17, 15) is 14.9 Å². The Morgan fingerprint density at radius 1 is 1.55 bits per heavy atom. The first-order valence-electron chi connectivity index (χ1n) is 6.06. The fraction of sp³-hybridized carbons (Fsp3) is 0.231. The zero-order valence-electron chi connectivity index (χ0n) is 10.8. The zero-order chi connectivity index (χ0) is 14.5. The summed E-state index contributed by atoms with van der Waals surface area (Å²) in [5.74, 6) is -0.321. The number of rotatable bonds is 5. The number of hydrogen-bond donors (Lipinski definition) is 1. The van der Waals surface area contributed by atoms with Crippen molar-refractivity contribution in [3.63, 3.8) is 0 Å². The quantitative estimate of drug-likeness (QED) is 0.513. The minimum absolute atomic E-state index is 0.000979. The molecule has 0 aliphatic heterocycles. The Kier molecular flexibility index (Phi) is 4.09. The average molecular weight is 275 g/mol. The van der Waals surface area contributed by atoms with E-state index in [1.807, 2.05) is 0 Å². The Balaban J connectivity index is 2.21. The molecule has 0 amide bonds. The van der Waals surface area contributed by atoms with Crippen LogP contribution in [-0.4, -0.2) is 27.7 Å². The first-order valence-corrected chi connectivity index (χ1v) is 6.06. The molecule has 104 valence electrons. The highest BCUT2D eigenvalue weighted by molar-refractivity contribution is 5.88. The monoisotopic (exact) mass is 275 g/mol. The first-order chi connectivity index (χ1) is 9.61. The van der Waals surface area contributed by atoms with Crippen LogP contribution in [0.5, 0.6) is 0 Å². The van der Waals surface area contributed by atoms with Crippen molar-refractivity contribution in [3.05, 3.63) is 40.1 Å². The maximum atomic E-state index is 11.2. The molecule has 2 rings (SSSR count). The molecular weight excluding hydrogens is 262 g/mol. The van der Waals surface area contributed by atoms with E-state index in [1.54, 1.807) is 25.1 Å². The summed E-state index contributed by atoms with van der Waals surface area (Å²) in [4.78, 5) is 21.5. The topological polar surface area (TPSA) is 98.1 Å². The highest BCUT2D eigenvalue weighted by atomic mass is 16.6. The molecular formula is C13H13N3O4. The van der Waals surface area contributed by atoms with Crippen molar-refractivity contribution < 1.29 is 14.5 Å². The molecule has 0 spiro atoms.